The van der Waals surface area contributed by atoms with Gasteiger partial charge in [0.2, 0.25) is 0 Å². The van der Waals surface area contributed by atoms with E-state index in [1.165, 1.54) is 16.3 Å². The van der Waals surface area contributed by atoms with Crippen molar-refractivity contribution in [3.63, 3.8) is 0 Å². The highest BCUT2D eigenvalue weighted by atomic mass is 79.9. The van der Waals surface area contributed by atoms with Crippen LogP contribution >= 0.6 is 15.9 Å². The first kappa shape index (κ1) is 12.5. The van der Waals surface area contributed by atoms with Gasteiger partial charge in [-0.25, -0.2) is 0 Å². The summed E-state index contributed by atoms with van der Waals surface area (Å²) in [5, 5.41) is 2.49. The van der Waals surface area contributed by atoms with Gasteiger partial charge in [-0.3, -0.25) is 0 Å². The lowest BCUT2D eigenvalue weighted by Crippen LogP contribution is -2.13. The summed E-state index contributed by atoms with van der Waals surface area (Å²) in [6.07, 6.45) is 2.41. The van der Waals surface area contributed by atoms with Crippen molar-refractivity contribution >= 4 is 26.7 Å². The summed E-state index contributed by atoms with van der Waals surface area (Å²) in [7, 11) is 0. The van der Waals surface area contributed by atoms with Gasteiger partial charge in [0.1, 0.15) is 5.76 Å². The molecule has 2 aromatic carbocycles. The fourth-order valence-corrected chi connectivity index (χ4v) is 2.87. The molecule has 1 heterocycles. The van der Waals surface area contributed by atoms with E-state index in [-0.39, 0.29) is 6.04 Å². The number of hydrogen-bond acceptors (Lipinski definition) is 2. The van der Waals surface area contributed by atoms with E-state index in [1.54, 1.807) is 6.26 Å². The van der Waals surface area contributed by atoms with Gasteiger partial charge >= 0.3 is 0 Å². The van der Waals surface area contributed by atoms with Crippen molar-refractivity contribution < 1.29 is 4.42 Å². The van der Waals surface area contributed by atoms with E-state index in [1.807, 2.05) is 6.07 Å². The van der Waals surface area contributed by atoms with Crippen LogP contribution in [0.2, 0.25) is 0 Å². The van der Waals surface area contributed by atoms with E-state index in [2.05, 4.69) is 58.4 Å². The maximum atomic E-state index is 6.24. The molecular formula is C16H14BrNO. The minimum atomic E-state index is -0.143. The lowest BCUT2D eigenvalue weighted by Gasteiger charge is -2.12. The van der Waals surface area contributed by atoms with Crippen molar-refractivity contribution in [1.82, 2.24) is 0 Å². The standard InChI is InChI=1S/C16H14BrNO/c17-14-8-9-19-16(14)15(18)10-12-6-3-5-11-4-1-2-7-13(11)12/h1-9,15H,10,18H2. The molecule has 96 valence electrons. The van der Waals surface area contributed by atoms with Crippen LogP contribution in [0.3, 0.4) is 0 Å². The predicted molar refractivity (Wildman–Crippen MR) is 81.0 cm³/mol. The third-order valence-corrected chi connectivity index (χ3v) is 3.96. The molecule has 0 aliphatic heterocycles. The third-order valence-electron chi connectivity index (χ3n) is 3.30. The van der Waals surface area contributed by atoms with Crippen LogP contribution in [0.5, 0.6) is 0 Å². The molecule has 1 unspecified atom stereocenters. The lowest BCUT2D eigenvalue weighted by molar-refractivity contribution is 0.462. The van der Waals surface area contributed by atoms with Gasteiger partial charge in [0.05, 0.1) is 16.8 Å². The SMILES string of the molecule is NC(Cc1cccc2ccccc12)c1occc1Br. The molecule has 0 aliphatic carbocycles. The maximum Gasteiger partial charge on any atom is 0.134 e. The summed E-state index contributed by atoms with van der Waals surface area (Å²) in [5.41, 5.74) is 7.48. The molecule has 2 N–H and O–H groups in total. The second-order valence-electron chi connectivity index (χ2n) is 4.58. The Balaban J connectivity index is 1.96. The third kappa shape index (κ3) is 2.44. The largest absolute Gasteiger partial charge is 0.466 e. The Morgan fingerprint density at radius 1 is 1.05 bits per heavy atom. The van der Waals surface area contributed by atoms with E-state index in [9.17, 15) is 0 Å². The van der Waals surface area contributed by atoms with Crippen LogP contribution in [-0.2, 0) is 6.42 Å². The first-order chi connectivity index (χ1) is 9.25. The van der Waals surface area contributed by atoms with Gasteiger partial charge in [-0.05, 0) is 44.8 Å². The van der Waals surface area contributed by atoms with Gasteiger partial charge in [-0.1, -0.05) is 42.5 Å². The summed E-state index contributed by atoms with van der Waals surface area (Å²) in [5.74, 6) is 0.799. The first-order valence-electron chi connectivity index (χ1n) is 6.21. The Morgan fingerprint density at radius 3 is 2.63 bits per heavy atom. The number of hydrogen-bond donors (Lipinski definition) is 1. The molecule has 3 heteroatoms. The maximum absolute atomic E-state index is 6.24. The van der Waals surface area contributed by atoms with Gasteiger partial charge in [0.25, 0.3) is 0 Å². The number of halogens is 1. The fraction of sp³-hybridized carbons (Fsp3) is 0.125. The zero-order valence-corrected chi connectivity index (χ0v) is 11.9. The molecular weight excluding hydrogens is 302 g/mol. The molecule has 3 aromatic rings. The van der Waals surface area contributed by atoms with Crippen LogP contribution in [0.15, 0.2) is 63.7 Å². The van der Waals surface area contributed by atoms with Gasteiger partial charge in [0.15, 0.2) is 0 Å². The molecule has 0 fully saturated rings. The summed E-state index contributed by atoms with van der Waals surface area (Å²) < 4.78 is 6.37. The van der Waals surface area contributed by atoms with E-state index in [0.29, 0.717) is 0 Å². The normalized spacial score (nSPS) is 12.7. The van der Waals surface area contributed by atoms with Crippen molar-refractivity contribution in [2.75, 3.05) is 0 Å². The molecule has 0 radical (unpaired) electrons. The van der Waals surface area contributed by atoms with E-state index < -0.39 is 0 Å². The lowest BCUT2D eigenvalue weighted by atomic mass is 9.98. The van der Waals surface area contributed by atoms with Gasteiger partial charge in [-0.15, -0.1) is 0 Å². The second kappa shape index (κ2) is 5.19. The number of nitrogens with two attached hydrogens (primary N) is 1. The average molecular weight is 316 g/mol. The molecule has 1 aromatic heterocycles. The predicted octanol–water partition coefficient (Wildman–Crippen LogP) is 4.44. The fourth-order valence-electron chi connectivity index (χ4n) is 2.37. The Kier molecular flexibility index (Phi) is 3.40. The monoisotopic (exact) mass is 315 g/mol. The minimum absolute atomic E-state index is 0.143. The summed E-state index contributed by atoms with van der Waals surface area (Å²) in [6, 6.07) is 16.4. The Labute approximate surface area is 120 Å². The molecule has 0 amide bonds. The van der Waals surface area contributed by atoms with Crippen molar-refractivity contribution in [1.29, 1.82) is 0 Å². The number of fused-ring (bicyclic) bond motifs is 1. The zero-order chi connectivity index (χ0) is 13.2. The first-order valence-corrected chi connectivity index (χ1v) is 7.00. The van der Waals surface area contributed by atoms with Gasteiger partial charge in [0, 0.05) is 0 Å². The molecule has 0 saturated carbocycles. The quantitative estimate of drug-likeness (QED) is 0.776. The van der Waals surface area contributed by atoms with Crippen LogP contribution < -0.4 is 5.73 Å². The Hall–Kier alpha value is -1.58. The van der Waals surface area contributed by atoms with Gasteiger partial charge < -0.3 is 10.2 Å². The van der Waals surface area contributed by atoms with Crippen molar-refractivity contribution in [3.8, 4) is 0 Å². The highest BCUT2D eigenvalue weighted by Gasteiger charge is 2.15. The van der Waals surface area contributed by atoms with Crippen molar-refractivity contribution in [2.24, 2.45) is 5.73 Å². The Morgan fingerprint density at radius 2 is 1.84 bits per heavy atom. The molecule has 2 nitrogen and oxygen atoms in total. The van der Waals surface area contributed by atoms with E-state index in [0.717, 1.165) is 16.7 Å². The molecule has 19 heavy (non-hydrogen) atoms. The highest BCUT2D eigenvalue weighted by Crippen LogP contribution is 2.28. The summed E-state index contributed by atoms with van der Waals surface area (Å²) >= 11 is 3.46. The summed E-state index contributed by atoms with van der Waals surface area (Å²) in [6.45, 7) is 0. The highest BCUT2D eigenvalue weighted by molar-refractivity contribution is 9.10. The van der Waals surface area contributed by atoms with E-state index >= 15 is 0 Å². The van der Waals surface area contributed by atoms with Crippen molar-refractivity contribution in [3.05, 3.63) is 70.6 Å². The van der Waals surface area contributed by atoms with Crippen molar-refractivity contribution in [2.45, 2.75) is 12.5 Å². The van der Waals surface area contributed by atoms with Crippen LogP contribution in [0, 0.1) is 0 Å². The molecule has 0 spiro atoms. The minimum Gasteiger partial charge on any atom is -0.466 e. The van der Waals surface area contributed by atoms with Crippen LogP contribution in [-0.4, -0.2) is 0 Å². The second-order valence-corrected chi connectivity index (χ2v) is 5.44. The number of benzene rings is 2. The molecule has 0 aliphatic rings. The smallest absolute Gasteiger partial charge is 0.134 e. The molecule has 0 bridgehead atoms. The topological polar surface area (TPSA) is 39.2 Å². The Bertz CT molecular complexity index is 699. The average Bonchev–Trinajstić information content (AvgIpc) is 2.85. The number of furan rings is 1. The summed E-state index contributed by atoms with van der Waals surface area (Å²) in [4.78, 5) is 0. The molecule has 0 saturated heterocycles. The van der Waals surface area contributed by atoms with Crippen LogP contribution in [0.4, 0.5) is 0 Å². The zero-order valence-electron chi connectivity index (χ0n) is 10.3. The van der Waals surface area contributed by atoms with E-state index in [4.69, 9.17) is 10.2 Å². The van der Waals surface area contributed by atoms with Crippen LogP contribution in [0.25, 0.3) is 10.8 Å². The molecule has 1 atom stereocenters. The van der Waals surface area contributed by atoms with Crippen LogP contribution in [0.1, 0.15) is 17.4 Å². The van der Waals surface area contributed by atoms with Gasteiger partial charge in [-0.2, -0.15) is 0 Å². The number of rotatable bonds is 3. The molecule has 3 rings (SSSR count).